The quantitative estimate of drug-likeness (QED) is 0.628. The zero-order valence-corrected chi connectivity index (χ0v) is 11.8. The summed E-state index contributed by atoms with van der Waals surface area (Å²) in [5.74, 6) is -0.180. The predicted octanol–water partition coefficient (Wildman–Crippen LogP) is 3.54. The number of Topliss-reactive ketones (excluding diaryl/α,β-unsaturated/α-hetero) is 1. The summed E-state index contributed by atoms with van der Waals surface area (Å²) in [4.78, 5) is 12.4. The van der Waals surface area contributed by atoms with Crippen LogP contribution in [-0.4, -0.2) is 23.3 Å². The minimum absolute atomic E-state index is 0.0502. The van der Waals surface area contributed by atoms with Crippen LogP contribution in [0, 0.1) is 5.21 Å². The fourth-order valence-electron chi connectivity index (χ4n) is 2.43. The number of rotatable bonds is 2. The molecule has 0 saturated heterocycles. The highest BCUT2D eigenvalue weighted by atomic mass is 19.4. The Morgan fingerprint density at radius 1 is 1.13 bits per heavy atom. The van der Waals surface area contributed by atoms with Crippen LogP contribution in [0.25, 0.3) is 0 Å². The first-order chi connectivity index (χ1) is 10.8. The fourth-order valence-corrected chi connectivity index (χ4v) is 2.43. The number of carbonyl (C=O) groups excluding carboxylic acids is 1. The van der Waals surface area contributed by atoms with Gasteiger partial charge in [0, 0.05) is 6.07 Å². The normalized spacial score (nSPS) is 14.2. The molecule has 3 rings (SSSR count). The number of hydrogen-bond donors (Lipinski definition) is 0. The standard InChI is InChI=1S/C16H10F3NO3/c1-23-11-4-2-3-9(7-11)14-15(21)12-6-5-10(16(17,18)19)8-13(12)20(14)22/h2-8H,1H3. The van der Waals surface area contributed by atoms with E-state index in [0.29, 0.717) is 11.8 Å². The maximum absolute atomic E-state index is 12.8. The van der Waals surface area contributed by atoms with Crippen LogP contribution >= 0.6 is 0 Å². The smallest absolute Gasteiger partial charge is 0.416 e. The molecule has 4 nitrogen and oxygen atoms in total. The van der Waals surface area contributed by atoms with Gasteiger partial charge in [-0.05, 0) is 30.3 Å². The largest absolute Gasteiger partial charge is 0.618 e. The molecule has 0 aliphatic carbocycles. The lowest BCUT2D eigenvalue weighted by molar-refractivity contribution is -0.355. The lowest BCUT2D eigenvalue weighted by Crippen LogP contribution is -2.16. The Morgan fingerprint density at radius 2 is 1.87 bits per heavy atom. The second-order valence-electron chi connectivity index (χ2n) is 4.93. The Bertz CT molecular complexity index is 841. The van der Waals surface area contributed by atoms with E-state index in [1.807, 2.05) is 0 Å². The molecule has 118 valence electrons. The summed E-state index contributed by atoms with van der Waals surface area (Å²) in [5, 5.41) is 12.3. The third-order valence-corrected chi connectivity index (χ3v) is 3.55. The average Bonchev–Trinajstić information content (AvgIpc) is 2.77. The van der Waals surface area contributed by atoms with E-state index in [-0.39, 0.29) is 27.3 Å². The van der Waals surface area contributed by atoms with Gasteiger partial charge in [-0.25, -0.2) is 0 Å². The Labute approximate surface area is 129 Å². The van der Waals surface area contributed by atoms with Crippen molar-refractivity contribution in [2.75, 3.05) is 7.11 Å². The van der Waals surface area contributed by atoms with Gasteiger partial charge in [0.05, 0.1) is 18.2 Å². The minimum atomic E-state index is -4.59. The number of methoxy groups -OCH3 is 1. The number of nitrogens with zero attached hydrogens (tertiary/aromatic N) is 1. The number of alkyl halides is 3. The van der Waals surface area contributed by atoms with E-state index in [2.05, 4.69) is 0 Å². The van der Waals surface area contributed by atoms with Crippen molar-refractivity contribution in [2.24, 2.45) is 0 Å². The molecule has 0 fully saturated rings. The molecule has 0 unspecified atom stereocenters. The number of fused-ring (bicyclic) bond motifs is 1. The van der Waals surface area contributed by atoms with E-state index in [9.17, 15) is 23.2 Å². The van der Waals surface area contributed by atoms with Gasteiger partial charge in [0.2, 0.25) is 5.69 Å². The van der Waals surface area contributed by atoms with E-state index in [1.54, 1.807) is 12.1 Å². The first-order valence-electron chi connectivity index (χ1n) is 6.57. The van der Waals surface area contributed by atoms with Crippen molar-refractivity contribution >= 4 is 17.2 Å². The van der Waals surface area contributed by atoms with Crippen LogP contribution in [0.4, 0.5) is 18.9 Å². The van der Waals surface area contributed by atoms with Crippen LogP contribution in [0.1, 0.15) is 21.5 Å². The number of ketones is 1. The van der Waals surface area contributed by atoms with Crippen molar-refractivity contribution in [3.05, 3.63) is 64.4 Å². The van der Waals surface area contributed by atoms with Crippen molar-refractivity contribution in [2.45, 2.75) is 6.18 Å². The van der Waals surface area contributed by atoms with E-state index in [1.165, 1.54) is 19.2 Å². The zero-order valence-electron chi connectivity index (χ0n) is 11.8. The number of ether oxygens (including phenoxy) is 1. The molecule has 7 heteroatoms. The van der Waals surface area contributed by atoms with Gasteiger partial charge >= 0.3 is 6.18 Å². The van der Waals surface area contributed by atoms with E-state index in [4.69, 9.17) is 4.74 Å². The third kappa shape index (κ3) is 2.44. The monoisotopic (exact) mass is 321 g/mol. The molecular formula is C16H10F3NO3. The maximum Gasteiger partial charge on any atom is 0.416 e. The molecule has 0 saturated carbocycles. The van der Waals surface area contributed by atoms with Crippen molar-refractivity contribution in [1.82, 2.24) is 0 Å². The van der Waals surface area contributed by atoms with Crippen molar-refractivity contribution < 1.29 is 27.4 Å². The molecule has 2 aromatic rings. The number of hydrogen-bond acceptors (Lipinski definition) is 3. The summed E-state index contributed by atoms with van der Waals surface area (Å²) < 4.78 is 43.6. The van der Waals surface area contributed by atoms with Crippen molar-refractivity contribution in [1.29, 1.82) is 0 Å². The van der Waals surface area contributed by atoms with Crippen LogP contribution in [-0.2, 0) is 6.18 Å². The number of halogens is 3. The van der Waals surface area contributed by atoms with E-state index >= 15 is 0 Å². The average molecular weight is 321 g/mol. The second-order valence-corrected chi connectivity index (χ2v) is 4.93. The Hall–Kier alpha value is -2.83. The lowest BCUT2D eigenvalue weighted by Gasteiger charge is -2.07. The first-order valence-corrected chi connectivity index (χ1v) is 6.57. The van der Waals surface area contributed by atoms with E-state index in [0.717, 1.165) is 12.1 Å². The highest BCUT2D eigenvalue weighted by molar-refractivity contribution is 6.52. The van der Waals surface area contributed by atoms with Crippen LogP contribution < -0.4 is 4.74 Å². The highest BCUT2D eigenvalue weighted by Crippen LogP contribution is 2.36. The molecule has 0 aromatic heterocycles. The molecule has 0 radical (unpaired) electrons. The summed E-state index contributed by atoms with van der Waals surface area (Å²) in [6.07, 6.45) is -4.59. The molecule has 0 N–H and O–H groups in total. The molecule has 0 spiro atoms. The second kappa shape index (κ2) is 5.12. The molecule has 1 heterocycles. The summed E-state index contributed by atoms with van der Waals surface area (Å²) >= 11 is 0. The molecule has 23 heavy (non-hydrogen) atoms. The molecule has 0 atom stereocenters. The topological polar surface area (TPSA) is 52.4 Å². The molecule has 1 aliphatic heterocycles. The highest BCUT2D eigenvalue weighted by Gasteiger charge is 2.40. The summed E-state index contributed by atoms with van der Waals surface area (Å²) in [7, 11) is 1.43. The van der Waals surface area contributed by atoms with Gasteiger partial charge in [0.25, 0.3) is 11.5 Å². The Morgan fingerprint density at radius 3 is 2.52 bits per heavy atom. The number of benzene rings is 2. The zero-order chi connectivity index (χ0) is 16.8. The van der Waals surface area contributed by atoms with Gasteiger partial charge in [-0.1, -0.05) is 6.07 Å². The van der Waals surface area contributed by atoms with Crippen LogP contribution in [0.5, 0.6) is 5.75 Å². The molecular weight excluding hydrogens is 311 g/mol. The van der Waals surface area contributed by atoms with Gasteiger partial charge < -0.3 is 9.94 Å². The maximum atomic E-state index is 12.8. The van der Waals surface area contributed by atoms with E-state index < -0.39 is 17.5 Å². The minimum Gasteiger partial charge on any atom is -0.618 e. The first kappa shape index (κ1) is 15.1. The van der Waals surface area contributed by atoms with Gasteiger partial charge in [-0.2, -0.15) is 17.9 Å². The predicted molar refractivity (Wildman–Crippen MR) is 76.2 cm³/mol. The fraction of sp³-hybridized carbons (Fsp3) is 0.125. The van der Waals surface area contributed by atoms with Crippen LogP contribution in [0.3, 0.4) is 0 Å². The summed E-state index contributed by atoms with van der Waals surface area (Å²) in [6, 6.07) is 8.73. The van der Waals surface area contributed by atoms with Crippen molar-refractivity contribution in [3.63, 3.8) is 0 Å². The Balaban J connectivity index is 2.15. The van der Waals surface area contributed by atoms with Crippen molar-refractivity contribution in [3.8, 4) is 5.75 Å². The molecule has 1 aliphatic rings. The van der Waals surface area contributed by atoms with Gasteiger partial charge in [-0.15, -0.1) is 0 Å². The lowest BCUT2D eigenvalue weighted by atomic mass is 10.0. The van der Waals surface area contributed by atoms with Crippen LogP contribution in [0.15, 0.2) is 42.5 Å². The molecule has 0 amide bonds. The Kier molecular flexibility index (Phi) is 3.35. The molecule has 2 aromatic carbocycles. The molecule has 0 bridgehead atoms. The van der Waals surface area contributed by atoms with Gasteiger partial charge in [0.1, 0.15) is 11.3 Å². The van der Waals surface area contributed by atoms with Crippen LogP contribution in [0.2, 0.25) is 0 Å². The van der Waals surface area contributed by atoms with Gasteiger partial charge in [-0.3, -0.25) is 4.79 Å². The SMILES string of the molecule is COc1cccc(C2=[N+]([O-])c3cc(C(F)(F)F)ccc3C2=O)c1. The number of carbonyl (C=O) groups is 1. The summed E-state index contributed by atoms with van der Waals surface area (Å²) in [6.45, 7) is 0. The third-order valence-electron chi connectivity index (χ3n) is 3.55. The van der Waals surface area contributed by atoms with Gasteiger partial charge in [0.15, 0.2) is 0 Å². The summed E-state index contributed by atoms with van der Waals surface area (Å²) in [5.41, 5.74) is -1.27.